The second kappa shape index (κ2) is 8.01. The first-order valence-electron chi connectivity index (χ1n) is 9.38. The van der Waals surface area contributed by atoms with Crippen LogP contribution in [0, 0.1) is 6.92 Å². The molecule has 6 nitrogen and oxygen atoms in total. The summed E-state index contributed by atoms with van der Waals surface area (Å²) in [6.07, 6.45) is 0. The maximum atomic E-state index is 12.2. The molecule has 0 saturated heterocycles. The molecule has 1 amide bonds. The number of aryl methyl sites for hydroxylation is 2. The quantitative estimate of drug-likeness (QED) is 0.470. The van der Waals surface area contributed by atoms with Crippen molar-refractivity contribution in [3.63, 3.8) is 0 Å². The van der Waals surface area contributed by atoms with Crippen LogP contribution in [0.1, 0.15) is 12.5 Å². The van der Waals surface area contributed by atoms with E-state index in [0.717, 1.165) is 17.9 Å². The SMILES string of the molecule is CCn1c(-c2cc(NC(=O)COc3ccc(Cl)cc3)n[nH]2)c(C)c2ccccc21. The molecular weight excluding hydrogens is 388 g/mol. The average Bonchev–Trinajstić information content (AvgIpc) is 3.29. The molecule has 0 aliphatic carbocycles. The Morgan fingerprint density at radius 1 is 1.21 bits per heavy atom. The van der Waals surface area contributed by atoms with Crippen LogP contribution in [0.4, 0.5) is 5.82 Å². The van der Waals surface area contributed by atoms with Gasteiger partial charge in [-0.05, 0) is 49.7 Å². The third kappa shape index (κ3) is 3.84. The van der Waals surface area contributed by atoms with Crippen LogP contribution < -0.4 is 10.1 Å². The summed E-state index contributed by atoms with van der Waals surface area (Å²) in [6.45, 7) is 4.93. The second-order valence-corrected chi connectivity index (χ2v) is 7.13. The number of rotatable bonds is 6. The molecule has 0 bridgehead atoms. The number of fused-ring (bicyclic) bond motifs is 1. The lowest BCUT2D eigenvalue weighted by atomic mass is 10.1. The number of halogens is 1. The van der Waals surface area contributed by atoms with Crippen LogP contribution in [0.3, 0.4) is 0 Å². The minimum atomic E-state index is -0.286. The van der Waals surface area contributed by atoms with Crippen molar-refractivity contribution in [3.8, 4) is 17.1 Å². The normalized spacial score (nSPS) is 11.0. The molecule has 148 valence electrons. The Morgan fingerprint density at radius 3 is 2.72 bits per heavy atom. The van der Waals surface area contributed by atoms with Crippen molar-refractivity contribution in [2.45, 2.75) is 20.4 Å². The molecule has 0 aliphatic heterocycles. The van der Waals surface area contributed by atoms with Gasteiger partial charge in [0.1, 0.15) is 5.75 Å². The van der Waals surface area contributed by atoms with Crippen LogP contribution in [0.15, 0.2) is 54.6 Å². The Hall–Kier alpha value is -3.25. The number of amides is 1. The van der Waals surface area contributed by atoms with Gasteiger partial charge in [-0.15, -0.1) is 0 Å². The third-order valence-electron chi connectivity index (χ3n) is 4.82. The van der Waals surface area contributed by atoms with Crippen LogP contribution in [0.25, 0.3) is 22.3 Å². The summed E-state index contributed by atoms with van der Waals surface area (Å²) >= 11 is 5.84. The van der Waals surface area contributed by atoms with Crippen molar-refractivity contribution in [1.29, 1.82) is 0 Å². The summed E-state index contributed by atoms with van der Waals surface area (Å²) in [6, 6.07) is 17.0. The Balaban J connectivity index is 1.50. The highest BCUT2D eigenvalue weighted by Gasteiger charge is 2.17. The number of hydrogen-bond acceptors (Lipinski definition) is 3. The fourth-order valence-corrected chi connectivity index (χ4v) is 3.64. The van der Waals surface area contributed by atoms with Crippen LogP contribution in [0.2, 0.25) is 5.02 Å². The highest BCUT2D eigenvalue weighted by Crippen LogP contribution is 2.33. The van der Waals surface area contributed by atoms with Crippen LogP contribution in [0.5, 0.6) is 5.75 Å². The van der Waals surface area contributed by atoms with Gasteiger partial charge < -0.3 is 14.6 Å². The molecular formula is C22H21ClN4O2. The molecule has 0 aliphatic rings. The minimum Gasteiger partial charge on any atom is -0.484 e. The van der Waals surface area contributed by atoms with E-state index in [1.165, 1.54) is 16.5 Å². The van der Waals surface area contributed by atoms with Crippen molar-refractivity contribution in [3.05, 3.63) is 65.2 Å². The number of benzene rings is 2. The maximum Gasteiger partial charge on any atom is 0.263 e. The van der Waals surface area contributed by atoms with E-state index >= 15 is 0 Å². The number of nitrogens with one attached hydrogen (secondary N) is 2. The number of aromatic amines is 1. The van der Waals surface area contributed by atoms with E-state index in [4.69, 9.17) is 16.3 Å². The van der Waals surface area contributed by atoms with E-state index in [9.17, 15) is 4.79 Å². The molecule has 2 N–H and O–H groups in total. The predicted octanol–water partition coefficient (Wildman–Crippen LogP) is 5.03. The molecule has 0 saturated carbocycles. The zero-order valence-electron chi connectivity index (χ0n) is 16.2. The molecule has 0 atom stereocenters. The first-order valence-corrected chi connectivity index (χ1v) is 9.76. The number of hydrogen-bond donors (Lipinski definition) is 2. The van der Waals surface area contributed by atoms with Gasteiger partial charge in [0.2, 0.25) is 0 Å². The van der Waals surface area contributed by atoms with Crippen molar-refractivity contribution in [2.24, 2.45) is 0 Å². The van der Waals surface area contributed by atoms with Gasteiger partial charge in [0.05, 0.1) is 11.4 Å². The number of aromatic nitrogens is 3. The smallest absolute Gasteiger partial charge is 0.263 e. The van der Waals surface area contributed by atoms with Gasteiger partial charge in [0.25, 0.3) is 5.91 Å². The number of H-pyrrole nitrogens is 1. The van der Waals surface area contributed by atoms with Crippen molar-refractivity contribution in [2.75, 3.05) is 11.9 Å². The summed E-state index contributed by atoms with van der Waals surface area (Å²) in [5, 5.41) is 11.9. The van der Waals surface area contributed by atoms with E-state index in [1.54, 1.807) is 24.3 Å². The lowest BCUT2D eigenvalue weighted by Crippen LogP contribution is -2.20. The van der Waals surface area contributed by atoms with Gasteiger partial charge in [0.15, 0.2) is 12.4 Å². The maximum absolute atomic E-state index is 12.2. The fraction of sp³-hybridized carbons (Fsp3) is 0.182. The topological polar surface area (TPSA) is 71.9 Å². The van der Waals surface area contributed by atoms with Gasteiger partial charge in [0, 0.05) is 28.5 Å². The molecule has 4 rings (SSSR count). The summed E-state index contributed by atoms with van der Waals surface area (Å²) in [5.74, 6) is 0.748. The number of para-hydroxylation sites is 1. The van der Waals surface area contributed by atoms with Gasteiger partial charge in [-0.1, -0.05) is 29.8 Å². The average molecular weight is 409 g/mol. The number of carbonyl (C=O) groups excluding carboxylic acids is 1. The van der Waals surface area contributed by atoms with Crippen LogP contribution >= 0.6 is 11.6 Å². The van der Waals surface area contributed by atoms with Crippen LogP contribution in [-0.2, 0) is 11.3 Å². The number of carbonyl (C=O) groups is 1. The molecule has 0 spiro atoms. The first-order chi connectivity index (χ1) is 14.1. The molecule has 29 heavy (non-hydrogen) atoms. The van der Waals surface area contributed by atoms with Gasteiger partial charge in [-0.2, -0.15) is 5.10 Å². The van der Waals surface area contributed by atoms with E-state index in [1.807, 2.05) is 18.2 Å². The van der Waals surface area contributed by atoms with Gasteiger partial charge in [-0.25, -0.2) is 0 Å². The molecule has 7 heteroatoms. The molecule has 0 radical (unpaired) electrons. The second-order valence-electron chi connectivity index (χ2n) is 6.69. The fourth-order valence-electron chi connectivity index (χ4n) is 3.52. The van der Waals surface area contributed by atoms with Crippen LogP contribution in [-0.4, -0.2) is 27.3 Å². The molecule has 2 aromatic heterocycles. The van der Waals surface area contributed by atoms with E-state index < -0.39 is 0 Å². The monoisotopic (exact) mass is 408 g/mol. The van der Waals surface area contributed by atoms with Gasteiger partial charge in [-0.3, -0.25) is 9.89 Å². The highest BCUT2D eigenvalue weighted by molar-refractivity contribution is 6.30. The highest BCUT2D eigenvalue weighted by atomic mass is 35.5. The Kier molecular flexibility index (Phi) is 5.27. The minimum absolute atomic E-state index is 0.113. The number of nitrogens with zero attached hydrogens (tertiary/aromatic N) is 2. The predicted molar refractivity (Wildman–Crippen MR) is 116 cm³/mol. The number of anilines is 1. The van der Waals surface area contributed by atoms with Gasteiger partial charge >= 0.3 is 0 Å². The Morgan fingerprint density at radius 2 is 1.97 bits per heavy atom. The largest absolute Gasteiger partial charge is 0.484 e. The van der Waals surface area contributed by atoms with Crippen molar-refractivity contribution >= 4 is 34.2 Å². The molecule has 4 aromatic rings. The summed E-state index contributed by atoms with van der Waals surface area (Å²) in [4.78, 5) is 12.2. The molecule has 0 unspecified atom stereocenters. The van der Waals surface area contributed by atoms with E-state index in [0.29, 0.717) is 16.6 Å². The standard InChI is InChI=1S/C22H21ClN4O2/c1-3-27-19-7-5-4-6-17(19)14(2)22(27)18-12-20(26-25-18)24-21(28)13-29-16-10-8-15(23)9-11-16/h4-12H,3,13H2,1-2H3,(H2,24,25,26,28). The van der Waals surface area contributed by atoms with E-state index in [2.05, 4.69) is 46.1 Å². The molecule has 2 heterocycles. The zero-order chi connectivity index (χ0) is 20.4. The summed E-state index contributed by atoms with van der Waals surface area (Å²) < 4.78 is 7.71. The zero-order valence-corrected chi connectivity index (χ0v) is 17.0. The van der Waals surface area contributed by atoms with E-state index in [-0.39, 0.29) is 12.5 Å². The third-order valence-corrected chi connectivity index (χ3v) is 5.08. The van der Waals surface area contributed by atoms with Crippen molar-refractivity contribution < 1.29 is 9.53 Å². The lowest BCUT2D eigenvalue weighted by molar-refractivity contribution is -0.118. The van der Waals surface area contributed by atoms with Crippen molar-refractivity contribution in [1.82, 2.24) is 14.8 Å². The Labute approximate surface area is 173 Å². The lowest BCUT2D eigenvalue weighted by Gasteiger charge is -2.07. The molecule has 0 fully saturated rings. The Bertz CT molecular complexity index is 1160. The summed E-state index contributed by atoms with van der Waals surface area (Å²) in [7, 11) is 0. The number of ether oxygens (including phenoxy) is 1. The molecule has 2 aromatic carbocycles. The summed E-state index contributed by atoms with van der Waals surface area (Å²) in [5.41, 5.74) is 4.28. The first kappa shape index (κ1) is 19.1.